The predicted octanol–water partition coefficient (Wildman–Crippen LogP) is 6.76. The number of para-hydroxylation sites is 1. The van der Waals surface area contributed by atoms with Crippen LogP contribution in [-0.4, -0.2) is 10.9 Å². The van der Waals surface area contributed by atoms with E-state index in [4.69, 9.17) is 16.6 Å². The van der Waals surface area contributed by atoms with Gasteiger partial charge in [-0.3, -0.25) is 4.79 Å². The zero-order chi connectivity index (χ0) is 19.8. The molecule has 0 spiro atoms. The summed E-state index contributed by atoms with van der Waals surface area (Å²) < 4.78 is 2.20. The standard InChI is InChI=1S/C23H15ClN2OS2/c24-20-16-5-1-3-7-18(16)28-21(20)22(27)25-13-14-9-11-15(12-10-14)23-26-17-6-2-4-8-19(17)29-23/h1-12H,13H2,(H,25,27). The Morgan fingerprint density at radius 3 is 2.38 bits per heavy atom. The largest absolute Gasteiger partial charge is 0.347 e. The summed E-state index contributed by atoms with van der Waals surface area (Å²) in [6, 6.07) is 24.1. The second-order valence-corrected chi connectivity index (χ2v) is 9.07. The molecule has 2 heterocycles. The summed E-state index contributed by atoms with van der Waals surface area (Å²) in [6.07, 6.45) is 0. The van der Waals surface area contributed by atoms with E-state index in [9.17, 15) is 4.79 Å². The fourth-order valence-electron chi connectivity index (χ4n) is 3.18. The Kier molecular flexibility index (Phi) is 4.79. The molecular weight excluding hydrogens is 420 g/mol. The van der Waals surface area contributed by atoms with Crippen LogP contribution in [0.25, 0.3) is 30.9 Å². The summed E-state index contributed by atoms with van der Waals surface area (Å²) in [4.78, 5) is 17.8. The summed E-state index contributed by atoms with van der Waals surface area (Å²) in [7, 11) is 0. The minimum atomic E-state index is -0.147. The second kappa shape index (κ2) is 7.59. The highest BCUT2D eigenvalue weighted by Gasteiger charge is 2.16. The molecule has 3 aromatic carbocycles. The first-order chi connectivity index (χ1) is 14.2. The number of nitrogens with zero attached hydrogens (tertiary/aromatic N) is 1. The predicted molar refractivity (Wildman–Crippen MR) is 123 cm³/mol. The Hall–Kier alpha value is -2.73. The quantitative estimate of drug-likeness (QED) is 0.339. The lowest BCUT2D eigenvalue weighted by atomic mass is 10.1. The first-order valence-electron chi connectivity index (χ1n) is 9.09. The Morgan fingerprint density at radius 2 is 1.62 bits per heavy atom. The number of hydrogen-bond acceptors (Lipinski definition) is 4. The molecule has 2 aromatic heterocycles. The summed E-state index contributed by atoms with van der Waals surface area (Å²) >= 11 is 9.50. The van der Waals surface area contributed by atoms with E-state index >= 15 is 0 Å². The first-order valence-corrected chi connectivity index (χ1v) is 11.1. The van der Waals surface area contributed by atoms with Crippen molar-refractivity contribution >= 4 is 60.5 Å². The first kappa shape index (κ1) is 18.3. The molecule has 5 aromatic rings. The van der Waals surface area contributed by atoms with Gasteiger partial charge in [-0.15, -0.1) is 22.7 Å². The number of fused-ring (bicyclic) bond motifs is 2. The Labute approximate surface area is 180 Å². The van der Waals surface area contributed by atoms with Gasteiger partial charge in [0.2, 0.25) is 0 Å². The molecule has 0 atom stereocenters. The molecule has 6 heteroatoms. The molecule has 1 amide bonds. The van der Waals surface area contributed by atoms with Gasteiger partial charge >= 0.3 is 0 Å². The highest BCUT2D eigenvalue weighted by Crippen LogP contribution is 2.35. The number of hydrogen-bond donors (Lipinski definition) is 1. The van der Waals surface area contributed by atoms with E-state index in [1.54, 1.807) is 11.3 Å². The van der Waals surface area contributed by atoms with Gasteiger partial charge < -0.3 is 5.32 Å². The van der Waals surface area contributed by atoms with Crippen LogP contribution in [0.5, 0.6) is 0 Å². The zero-order valence-corrected chi connectivity index (χ0v) is 17.6. The highest BCUT2D eigenvalue weighted by atomic mass is 35.5. The third-order valence-corrected chi connectivity index (χ3v) is 7.45. The number of rotatable bonds is 4. The number of amides is 1. The topological polar surface area (TPSA) is 42.0 Å². The Balaban J connectivity index is 1.30. The van der Waals surface area contributed by atoms with Crippen LogP contribution in [0, 0.1) is 0 Å². The molecule has 142 valence electrons. The van der Waals surface area contributed by atoms with Gasteiger partial charge in [-0.25, -0.2) is 4.98 Å². The average Bonchev–Trinajstić information content (AvgIpc) is 3.34. The fraction of sp³-hybridized carbons (Fsp3) is 0.0435. The fourth-order valence-corrected chi connectivity index (χ4v) is 5.59. The van der Waals surface area contributed by atoms with Crippen molar-refractivity contribution in [3.05, 3.63) is 88.3 Å². The number of halogens is 1. The number of thiophene rings is 1. The lowest BCUT2D eigenvalue weighted by Crippen LogP contribution is -2.22. The van der Waals surface area contributed by atoms with Gasteiger partial charge in [0.1, 0.15) is 9.88 Å². The highest BCUT2D eigenvalue weighted by molar-refractivity contribution is 7.22. The molecule has 29 heavy (non-hydrogen) atoms. The van der Waals surface area contributed by atoms with E-state index in [1.165, 1.54) is 16.0 Å². The molecule has 0 aliphatic rings. The molecular formula is C23H15ClN2OS2. The van der Waals surface area contributed by atoms with Gasteiger partial charge in [0.05, 0.1) is 15.2 Å². The summed E-state index contributed by atoms with van der Waals surface area (Å²) in [5.74, 6) is -0.147. The lowest BCUT2D eigenvalue weighted by molar-refractivity contribution is 0.0955. The lowest BCUT2D eigenvalue weighted by Gasteiger charge is -2.05. The van der Waals surface area contributed by atoms with Crippen molar-refractivity contribution in [3.63, 3.8) is 0 Å². The van der Waals surface area contributed by atoms with Crippen molar-refractivity contribution < 1.29 is 4.79 Å². The third-order valence-electron chi connectivity index (χ3n) is 4.69. The van der Waals surface area contributed by atoms with Gasteiger partial charge in [0, 0.05) is 22.2 Å². The second-order valence-electron chi connectivity index (χ2n) is 6.61. The maximum Gasteiger partial charge on any atom is 0.263 e. The van der Waals surface area contributed by atoms with Crippen molar-refractivity contribution in [2.75, 3.05) is 0 Å². The van der Waals surface area contributed by atoms with Crippen LogP contribution >= 0.6 is 34.3 Å². The summed E-state index contributed by atoms with van der Waals surface area (Å²) in [5, 5.41) is 5.41. The van der Waals surface area contributed by atoms with E-state index < -0.39 is 0 Å². The van der Waals surface area contributed by atoms with E-state index in [-0.39, 0.29) is 5.91 Å². The van der Waals surface area contributed by atoms with Crippen molar-refractivity contribution in [1.82, 2.24) is 10.3 Å². The van der Waals surface area contributed by atoms with Crippen LogP contribution in [-0.2, 0) is 6.54 Å². The minimum Gasteiger partial charge on any atom is -0.347 e. The number of benzene rings is 3. The van der Waals surface area contributed by atoms with Crippen LogP contribution in [0.15, 0.2) is 72.8 Å². The van der Waals surface area contributed by atoms with Crippen LogP contribution in [0.1, 0.15) is 15.2 Å². The van der Waals surface area contributed by atoms with Crippen LogP contribution in [0.3, 0.4) is 0 Å². The summed E-state index contributed by atoms with van der Waals surface area (Å²) in [6.45, 7) is 0.448. The molecule has 5 rings (SSSR count). The van der Waals surface area contributed by atoms with Crippen molar-refractivity contribution in [1.29, 1.82) is 0 Å². The SMILES string of the molecule is O=C(NCc1ccc(-c2nc3ccccc3s2)cc1)c1sc2ccccc2c1Cl. The van der Waals surface area contributed by atoms with Gasteiger partial charge in [-0.1, -0.05) is 66.2 Å². The Bertz CT molecular complexity index is 1310. The van der Waals surface area contributed by atoms with E-state index in [0.717, 1.165) is 31.7 Å². The molecule has 0 saturated carbocycles. The van der Waals surface area contributed by atoms with Crippen LogP contribution < -0.4 is 5.32 Å². The molecule has 0 bridgehead atoms. The van der Waals surface area contributed by atoms with Gasteiger partial charge in [-0.2, -0.15) is 0 Å². The molecule has 0 aliphatic carbocycles. The monoisotopic (exact) mass is 434 g/mol. The normalized spacial score (nSPS) is 11.2. The van der Waals surface area contributed by atoms with Gasteiger partial charge in [-0.05, 0) is 23.8 Å². The summed E-state index contributed by atoms with van der Waals surface area (Å²) in [5.41, 5.74) is 3.12. The van der Waals surface area contributed by atoms with Crippen LogP contribution in [0.2, 0.25) is 5.02 Å². The van der Waals surface area contributed by atoms with E-state index in [0.29, 0.717) is 16.4 Å². The molecule has 0 saturated heterocycles. The molecule has 0 fully saturated rings. The molecule has 0 aliphatic heterocycles. The number of thiazole rings is 1. The average molecular weight is 435 g/mol. The number of aromatic nitrogens is 1. The maximum atomic E-state index is 12.6. The molecule has 0 unspecified atom stereocenters. The zero-order valence-electron chi connectivity index (χ0n) is 15.2. The maximum absolute atomic E-state index is 12.6. The van der Waals surface area contributed by atoms with Crippen molar-refractivity contribution in [2.45, 2.75) is 6.54 Å². The number of carbonyl (C=O) groups excluding carboxylic acids is 1. The van der Waals surface area contributed by atoms with Gasteiger partial charge in [0.25, 0.3) is 5.91 Å². The third kappa shape index (κ3) is 3.53. The van der Waals surface area contributed by atoms with Crippen molar-refractivity contribution in [2.24, 2.45) is 0 Å². The Morgan fingerprint density at radius 1 is 0.897 bits per heavy atom. The molecule has 3 nitrogen and oxygen atoms in total. The van der Waals surface area contributed by atoms with E-state index in [2.05, 4.69) is 11.4 Å². The number of nitrogens with one attached hydrogen (secondary N) is 1. The molecule has 1 N–H and O–H groups in total. The van der Waals surface area contributed by atoms with Crippen LogP contribution in [0.4, 0.5) is 0 Å². The minimum absolute atomic E-state index is 0.147. The van der Waals surface area contributed by atoms with Crippen molar-refractivity contribution in [3.8, 4) is 10.6 Å². The molecule has 0 radical (unpaired) electrons. The number of carbonyl (C=O) groups is 1. The van der Waals surface area contributed by atoms with Gasteiger partial charge in [0.15, 0.2) is 0 Å². The smallest absolute Gasteiger partial charge is 0.263 e. The van der Waals surface area contributed by atoms with E-state index in [1.807, 2.05) is 66.7 Å².